The summed E-state index contributed by atoms with van der Waals surface area (Å²) in [7, 11) is 0. The molecule has 0 radical (unpaired) electrons. The number of nitrogens with zero attached hydrogens (tertiary/aromatic N) is 2. The monoisotopic (exact) mass is 261 g/mol. The fourth-order valence-electron chi connectivity index (χ4n) is 2.28. The fourth-order valence-corrected chi connectivity index (χ4v) is 2.28. The Kier molecular flexibility index (Phi) is 3.88. The SMILES string of the molecule is CCCn1c(CC)nc(-c2cc(C)ccc2F)c1N. The van der Waals surface area contributed by atoms with Gasteiger partial charge in [-0.2, -0.15) is 0 Å². The minimum atomic E-state index is -0.277. The van der Waals surface area contributed by atoms with E-state index in [1.807, 2.05) is 18.4 Å². The molecule has 102 valence electrons. The second kappa shape index (κ2) is 5.43. The Bertz CT molecular complexity index is 587. The topological polar surface area (TPSA) is 43.8 Å². The van der Waals surface area contributed by atoms with E-state index in [1.54, 1.807) is 12.1 Å². The molecule has 0 aliphatic carbocycles. The number of nitrogens with two attached hydrogens (primary N) is 1. The molecule has 0 fully saturated rings. The normalized spacial score (nSPS) is 10.9. The van der Waals surface area contributed by atoms with E-state index in [0.717, 1.165) is 30.8 Å². The second-order valence-electron chi connectivity index (χ2n) is 4.75. The summed E-state index contributed by atoms with van der Waals surface area (Å²) in [5, 5.41) is 0. The van der Waals surface area contributed by atoms with E-state index in [4.69, 9.17) is 5.73 Å². The first kappa shape index (κ1) is 13.6. The maximum atomic E-state index is 14.0. The van der Waals surface area contributed by atoms with Crippen LogP contribution in [0.25, 0.3) is 11.3 Å². The number of halogens is 1. The van der Waals surface area contributed by atoms with Gasteiger partial charge in [0.2, 0.25) is 0 Å². The summed E-state index contributed by atoms with van der Waals surface area (Å²) in [5.41, 5.74) is 8.20. The zero-order valence-corrected chi connectivity index (χ0v) is 11.7. The molecule has 2 N–H and O–H groups in total. The van der Waals surface area contributed by atoms with Crippen LogP contribution in [0.15, 0.2) is 18.2 Å². The van der Waals surface area contributed by atoms with Gasteiger partial charge in [0, 0.05) is 18.5 Å². The van der Waals surface area contributed by atoms with Crippen molar-refractivity contribution >= 4 is 5.82 Å². The van der Waals surface area contributed by atoms with Crippen molar-refractivity contribution in [2.75, 3.05) is 5.73 Å². The van der Waals surface area contributed by atoms with Crippen molar-refractivity contribution in [3.05, 3.63) is 35.4 Å². The largest absolute Gasteiger partial charge is 0.383 e. The number of aromatic nitrogens is 2. The lowest BCUT2D eigenvalue weighted by atomic mass is 10.1. The summed E-state index contributed by atoms with van der Waals surface area (Å²) in [5.74, 6) is 1.19. The molecular weight excluding hydrogens is 241 g/mol. The Hall–Kier alpha value is -1.84. The lowest BCUT2D eigenvalue weighted by Crippen LogP contribution is -2.06. The summed E-state index contributed by atoms with van der Waals surface area (Å²) in [6.07, 6.45) is 1.76. The molecule has 0 atom stereocenters. The molecule has 1 aromatic carbocycles. The van der Waals surface area contributed by atoms with Crippen LogP contribution in [0.3, 0.4) is 0 Å². The molecular formula is C15H20FN3. The van der Waals surface area contributed by atoms with Gasteiger partial charge in [-0.05, 0) is 25.5 Å². The van der Waals surface area contributed by atoms with Gasteiger partial charge in [-0.1, -0.05) is 25.5 Å². The Morgan fingerprint density at radius 1 is 1.32 bits per heavy atom. The molecule has 0 saturated heterocycles. The van der Waals surface area contributed by atoms with Crippen LogP contribution >= 0.6 is 0 Å². The van der Waals surface area contributed by atoms with Gasteiger partial charge in [0.05, 0.1) is 0 Å². The maximum absolute atomic E-state index is 14.0. The molecule has 0 amide bonds. The molecule has 19 heavy (non-hydrogen) atoms. The van der Waals surface area contributed by atoms with Crippen LogP contribution in [0, 0.1) is 12.7 Å². The molecule has 1 aromatic heterocycles. The number of hydrogen-bond donors (Lipinski definition) is 1. The van der Waals surface area contributed by atoms with Crippen LogP contribution in [-0.2, 0) is 13.0 Å². The van der Waals surface area contributed by atoms with Gasteiger partial charge in [0.1, 0.15) is 23.2 Å². The number of rotatable bonds is 4. The highest BCUT2D eigenvalue weighted by molar-refractivity contribution is 5.72. The van der Waals surface area contributed by atoms with E-state index >= 15 is 0 Å². The summed E-state index contributed by atoms with van der Waals surface area (Å²) in [6.45, 7) is 6.87. The second-order valence-corrected chi connectivity index (χ2v) is 4.75. The summed E-state index contributed by atoms with van der Waals surface area (Å²) < 4.78 is 15.9. The molecule has 0 saturated carbocycles. The third-order valence-electron chi connectivity index (χ3n) is 3.23. The van der Waals surface area contributed by atoms with Crippen molar-refractivity contribution in [3.63, 3.8) is 0 Å². The van der Waals surface area contributed by atoms with Gasteiger partial charge in [-0.25, -0.2) is 9.37 Å². The maximum Gasteiger partial charge on any atom is 0.132 e. The average molecular weight is 261 g/mol. The van der Waals surface area contributed by atoms with Crippen molar-refractivity contribution in [2.24, 2.45) is 0 Å². The Labute approximate surface area is 113 Å². The third kappa shape index (κ3) is 2.48. The lowest BCUT2D eigenvalue weighted by molar-refractivity contribution is 0.630. The predicted octanol–water partition coefficient (Wildman–Crippen LogP) is 3.55. The van der Waals surface area contributed by atoms with Crippen molar-refractivity contribution in [3.8, 4) is 11.3 Å². The molecule has 0 aliphatic rings. The third-order valence-corrected chi connectivity index (χ3v) is 3.23. The van der Waals surface area contributed by atoms with Gasteiger partial charge < -0.3 is 10.3 Å². The van der Waals surface area contributed by atoms with Crippen molar-refractivity contribution in [1.82, 2.24) is 9.55 Å². The Balaban J connectivity index is 2.59. The van der Waals surface area contributed by atoms with Crippen LogP contribution < -0.4 is 5.73 Å². The van der Waals surface area contributed by atoms with E-state index in [-0.39, 0.29) is 5.82 Å². The van der Waals surface area contributed by atoms with Gasteiger partial charge in [-0.15, -0.1) is 0 Å². The van der Waals surface area contributed by atoms with Gasteiger partial charge in [0.25, 0.3) is 0 Å². The molecule has 0 aliphatic heterocycles. The van der Waals surface area contributed by atoms with Gasteiger partial charge in [-0.3, -0.25) is 0 Å². The predicted molar refractivity (Wildman–Crippen MR) is 76.4 cm³/mol. The highest BCUT2D eigenvalue weighted by Crippen LogP contribution is 2.29. The molecule has 1 heterocycles. The molecule has 2 aromatic rings. The standard InChI is InChI=1S/C15H20FN3/c1-4-8-19-13(5-2)18-14(15(19)17)11-9-10(3)6-7-12(11)16/h6-7,9H,4-5,8,17H2,1-3H3. The summed E-state index contributed by atoms with van der Waals surface area (Å²) in [4.78, 5) is 4.52. The summed E-state index contributed by atoms with van der Waals surface area (Å²) >= 11 is 0. The molecule has 0 bridgehead atoms. The van der Waals surface area contributed by atoms with Crippen LogP contribution in [0.5, 0.6) is 0 Å². The molecule has 4 heteroatoms. The van der Waals surface area contributed by atoms with E-state index in [1.165, 1.54) is 6.07 Å². The zero-order chi connectivity index (χ0) is 14.0. The van der Waals surface area contributed by atoms with Crippen LogP contribution in [0.1, 0.15) is 31.7 Å². The zero-order valence-electron chi connectivity index (χ0n) is 11.7. The van der Waals surface area contributed by atoms with Crippen LogP contribution in [-0.4, -0.2) is 9.55 Å². The summed E-state index contributed by atoms with van der Waals surface area (Å²) in [6, 6.07) is 5.01. The number of anilines is 1. The quantitative estimate of drug-likeness (QED) is 0.914. The first-order valence-corrected chi connectivity index (χ1v) is 6.69. The minimum absolute atomic E-state index is 0.277. The fraction of sp³-hybridized carbons (Fsp3) is 0.400. The van der Waals surface area contributed by atoms with E-state index in [0.29, 0.717) is 17.1 Å². The lowest BCUT2D eigenvalue weighted by Gasteiger charge is -2.07. The van der Waals surface area contributed by atoms with Crippen molar-refractivity contribution in [1.29, 1.82) is 0 Å². The van der Waals surface area contributed by atoms with E-state index in [9.17, 15) is 4.39 Å². The first-order chi connectivity index (χ1) is 9.08. The van der Waals surface area contributed by atoms with Crippen molar-refractivity contribution in [2.45, 2.75) is 40.2 Å². The van der Waals surface area contributed by atoms with Gasteiger partial charge in [0.15, 0.2) is 0 Å². The number of nitrogen functional groups attached to an aromatic ring is 1. The smallest absolute Gasteiger partial charge is 0.132 e. The number of hydrogen-bond acceptors (Lipinski definition) is 2. The molecule has 0 spiro atoms. The van der Waals surface area contributed by atoms with Crippen molar-refractivity contribution < 1.29 is 4.39 Å². The van der Waals surface area contributed by atoms with Gasteiger partial charge >= 0.3 is 0 Å². The number of aryl methyl sites for hydroxylation is 2. The number of benzene rings is 1. The van der Waals surface area contributed by atoms with Crippen LogP contribution in [0.4, 0.5) is 10.2 Å². The minimum Gasteiger partial charge on any atom is -0.383 e. The highest BCUT2D eigenvalue weighted by atomic mass is 19.1. The average Bonchev–Trinajstić information content (AvgIpc) is 2.70. The Morgan fingerprint density at radius 2 is 2.05 bits per heavy atom. The van der Waals surface area contributed by atoms with E-state index < -0.39 is 0 Å². The highest BCUT2D eigenvalue weighted by Gasteiger charge is 2.17. The molecule has 0 unspecified atom stereocenters. The molecule has 3 nitrogen and oxygen atoms in total. The molecule has 2 rings (SSSR count). The first-order valence-electron chi connectivity index (χ1n) is 6.69. The number of imidazole rings is 1. The van der Waals surface area contributed by atoms with E-state index in [2.05, 4.69) is 11.9 Å². The van der Waals surface area contributed by atoms with Crippen LogP contribution in [0.2, 0.25) is 0 Å². The Morgan fingerprint density at radius 3 is 2.68 bits per heavy atom.